The smallest absolute Gasteiger partial charge is 0.162 e. The van der Waals surface area contributed by atoms with Gasteiger partial charge in [-0.3, -0.25) is 4.79 Å². The highest BCUT2D eigenvalue weighted by molar-refractivity contribution is 5.95. The Kier molecular flexibility index (Phi) is 4.24. The van der Waals surface area contributed by atoms with Gasteiger partial charge in [0.05, 0.1) is 0 Å². The minimum absolute atomic E-state index is 0.209. The second kappa shape index (κ2) is 5.52. The van der Waals surface area contributed by atoms with Gasteiger partial charge in [-0.1, -0.05) is 56.5 Å². The van der Waals surface area contributed by atoms with Crippen LogP contribution in [-0.4, -0.2) is 5.78 Å². The van der Waals surface area contributed by atoms with Gasteiger partial charge in [-0.15, -0.1) is 0 Å². The molecule has 0 saturated heterocycles. The highest BCUT2D eigenvalue weighted by Crippen LogP contribution is 2.14. The van der Waals surface area contributed by atoms with E-state index in [1.807, 2.05) is 37.3 Å². The lowest BCUT2D eigenvalue weighted by Crippen LogP contribution is -1.94. The maximum absolute atomic E-state index is 11.0. The summed E-state index contributed by atoms with van der Waals surface area (Å²) < 4.78 is 0. The lowest BCUT2D eigenvalue weighted by atomic mass is 10.1. The van der Waals surface area contributed by atoms with Gasteiger partial charge in [-0.25, -0.2) is 0 Å². The van der Waals surface area contributed by atoms with Crippen molar-refractivity contribution in [2.24, 2.45) is 0 Å². The summed E-state index contributed by atoms with van der Waals surface area (Å²) in [6.07, 6.45) is 5.09. The van der Waals surface area contributed by atoms with E-state index in [9.17, 15) is 4.79 Å². The zero-order valence-electron chi connectivity index (χ0n) is 8.12. The minimum Gasteiger partial charge on any atom is -0.294 e. The Labute approximate surface area is 79.8 Å². The molecule has 1 aromatic carbocycles. The fourth-order valence-corrected chi connectivity index (χ4v) is 0.828. The average Bonchev–Trinajstić information content (AvgIpc) is 3.05. The Morgan fingerprint density at radius 3 is 2.08 bits per heavy atom. The zero-order valence-corrected chi connectivity index (χ0v) is 8.12. The van der Waals surface area contributed by atoms with Crippen molar-refractivity contribution in [3.8, 4) is 0 Å². The van der Waals surface area contributed by atoms with Crippen LogP contribution < -0.4 is 0 Å². The standard InChI is InChI=1S/C9H10O.C3H6/c1-2-9(10)8-6-4-3-5-7-8;1-2-3-1/h3-7H,2H2,1H3;1-3H2. The molecule has 13 heavy (non-hydrogen) atoms. The molecular formula is C12H16O. The van der Waals surface area contributed by atoms with Crippen LogP contribution in [-0.2, 0) is 0 Å². The zero-order chi connectivity index (χ0) is 9.52. The van der Waals surface area contributed by atoms with E-state index in [0.29, 0.717) is 6.42 Å². The third-order valence-electron chi connectivity index (χ3n) is 1.77. The minimum atomic E-state index is 0.209. The molecule has 0 bridgehead atoms. The summed E-state index contributed by atoms with van der Waals surface area (Å²) in [5.41, 5.74) is 0.810. The molecule has 0 heterocycles. The molecule has 0 N–H and O–H groups in total. The van der Waals surface area contributed by atoms with Gasteiger partial charge in [0.15, 0.2) is 5.78 Å². The Bertz CT molecular complexity index is 246. The van der Waals surface area contributed by atoms with E-state index >= 15 is 0 Å². The summed E-state index contributed by atoms with van der Waals surface area (Å²) in [7, 11) is 0. The summed E-state index contributed by atoms with van der Waals surface area (Å²) >= 11 is 0. The summed E-state index contributed by atoms with van der Waals surface area (Å²) in [4.78, 5) is 11.0. The van der Waals surface area contributed by atoms with Gasteiger partial charge in [0.2, 0.25) is 0 Å². The van der Waals surface area contributed by atoms with Crippen LogP contribution in [0.2, 0.25) is 0 Å². The first-order valence-corrected chi connectivity index (χ1v) is 4.93. The van der Waals surface area contributed by atoms with Crippen LogP contribution in [0.25, 0.3) is 0 Å². The molecule has 1 aliphatic rings. The van der Waals surface area contributed by atoms with Crippen LogP contribution >= 0.6 is 0 Å². The van der Waals surface area contributed by atoms with Crippen LogP contribution in [0.15, 0.2) is 30.3 Å². The molecule has 1 saturated carbocycles. The fourth-order valence-electron chi connectivity index (χ4n) is 0.828. The quantitative estimate of drug-likeness (QED) is 0.631. The largest absolute Gasteiger partial charge is 0.294 e. The van der Waals surface area contributed by atoms with E-state index in [1.54, 1.807) is 0 Å². The van der Waals surface area contributed by atoms with Gasteiger partial charge < -0.3 is 0 Å². The molecule has 0 radical (unpaired) electrons. The Morgan fingerprint density at radius 2 is 1.69 bits per heavy atom. The Balaban J connectivity index is 0.000000236. The molecule has 1 fully saturated rings. The molecular weight excluding hydrogens is 160 g/mol. The number of Topliss-reactive ketones (excluding diaryl/α,β-unsaturated/α-hetero) is 1. The van der Waals surface area contributed by atoms with Gasteiger partial charge in [0.25, 0.3) is 0 Å². The lowest BCUT2D eigenvalue weighted by Gasteiger charge is -1.93. The van der Waals surface area contributed by atoms with Crippen molar-refractivity contribution in [3.05, 3.63) is 35.9 Å². The molecule has 0 atom stereocenters. The van der Waals surface area contributed by atoms with Crippen LogP contribution in [0.3, 0.4) is 0 Å². The van der Waals surface area contributed by atoms with E-state index in [1.165, 1.54) is 19.3 Å². The van der Waals surface area contributed by atoms with Crippen molar-refractivity contribution in [3.63, 3.8) is 0 Å². The third kappa shape index (κ3) is 4.46. The van der Waals surface area contributed by atoms with Gasteiger partial charge in [0.1, 0.15) is 0 Å². The predicted octanol–water partition coefficient (Wildman–Crippen LogP) is 3.45. The monoisotopic (exact) mass is 176 g/mol. The Hall–Kier alpha value is -1.11. The molecule has 0 aliphatic heterocycles. The molecule has 0 aromatic heterocycles. The van der Waals surface area contributed by atoms with Crippen molar-refractivity contribution >= 4 is 5.78 Å². The molecule has 0 unspecified atom stereocenters. The summed E-state index contributed by atoms with van der Waals surface area (Å²) in [6.45, 7) is 1.87. The Morgan fingerprint density at radius 1 is 1.15 bits per heavy atom. The van der Waals surface area contributed by atoms with Gasteiger partial charge >= 0.3 is 0 Å². The maximum Gasteiger partial charge on any atom is 0.162 e. The van der Waals surface area contributed by atoms with Crippen LogP contribution in [0.1, 0.15) is 43.0 Å². The normalized spacial score (nSPS) is 12.7. The third-order valence-corrected chi connectivity index (χ3v) is 1.77. The van der Waals surface area contributed by atoms with E-state index in [-0.39, 0.29) is 5.78 Å². The summed E-state index contributed by atoms with van der Waals surface area (Å²) in [5.74, 6) is 0.209. The topological polar surface area (TPSA) is 17.1 Å². The number of hydrogen-bond donors (Lipinski definition) is 0. The molecule has 2 rings (SSSR count). The second-order valence-corrected chi connectivity index (χ2v) is 3.20. The maximum atomic E-state index is 11.0. The molecule has 1 nitrogen and oxygen atoms in total. The van der Waals surface area contributed by atoms with Crippen molar-refractivity contribution in [2.45, 2.75) is 32.6 Å². The number of carbonyl (C=O) groups excluding carboxylic acids is 1. The molecule has 0 amide bonds. The van der Waals surface area contributed by atoms with Crippen LogP contribution in [0.5, 0.6) is 0 Å². The first-order valence-electron chi connectivity index (χ1n) is 4.93. The molecule has 1 aromatic rings. The van der Waals surface area contributed by atoms with Crippen molar-refractivity contribution in [1.29, 1.82) is 0 Å². The van der Waals surface area contributed by atoms with E-state index in [4.69, 9.17) is 0 Å². The first-order chi connectivity index (χ1) is 6.34. The van der Waals surface area contributed by atoms with Gasteiger partial charge in [-0.2, -0.15) is 0 Å². The highest BCUT2D eigenvalue weighted by atomic mass is 16.1. The molecule has 70 valence electrons. The predicted molar refractivity (Wildman–Crippen MR) is 54.9 cm³/mol. The summed E-state index contributed by atoms with van der Waals surface area (Å²) in [5, 5.41) is 0. The van der Waals surface area contributed by atoms with E-state index < -0.39 is 0 Å². The van der Waals surface area contributed by atoms with Crippen molar-refractivity contribution in [1.82, 2.24) is 0 Å². The fraction of sp³-hybridized carbons (Fsp3) is 0.417. The van der Waals surface area contributed by atoms with E-state index in [2.05, 4.69) is 0 Å². The van der Waals surface area contributed by atoms with Crippen LogP contribution in [0, 0.1) is 0 Å². The summed E-state index contributed by atoms with van der Waals surface area (Å²) in [6, 6.07) is 9.34. The van der Waals surface area contributed by atoms with Gasteiger partial charge in [-0.05, 0) is 0 Å². The molecule has 0 spiro atoms. The highest BCUT2D eigenvalue weighted by Gasteiger charge is 1.98. The number of benzene rings is 1. The van der Waals surface area contributed by atoms with E-state index in [0.717, 1.165) is 5.56 Å². The number of carbonyl (C=O) groups is 1. The number of hydrogen-bond acceptors (Lipinski definition) is 1. The van der Waals surface area contributed by atoms with Crippen LogP contribution in [0.4, 0.5) is 0 Å². The lowest BCUT2D eigenvalue weighted by molar-refractivity contribution is 0.0988. The number of rotatable bonds is 2. The first kappa shape index (κ1) is 9.97. The number of ketones is 1. The van der Waals surface area contributed by atoms with Gasteiger partial charge in [0, 0.05) is 12.0 Å². The van der Waals surface area contributed by atoms with Crippen molar-refractivity contribution < 1.29 is 4.79 Å². The SMILES string of the molecule is C1CC1.CCC(=O)c1ccccc1. The molecule has 1 heteroatoms. The average molecular weight is 176 g/mol. The molecule has 1 aliphatic carbocycles. The second-order valence-electron chi connectivity index (χ2n) is 3.20. The van der Waals surface area contributed by atoms with Crippen molar-refractivity contribution in [2.75, 3.05) is 0 Å².